The SMILES string of the molecule is COc1c(C(=O)NC[C@@H]2CCN(CC(c3ccccc3)c3ccccc3)C(=O)[C@H](CCCN=C(N)N)N2)ccc2ccccc12.NC(N)=NCCC[C@@H]1N[C@H](CNC(=O)Cc2ccc(Cl)c(Cl)c2)CCN(CC(c2ccccc2)c2ccccc2)C1=O.NC(N)=NCCC[C@@H]1N[C@H](CNC(=O)Cc2ccc(Cl)cc2Cl)CCN(CC(c2ccccc2)c2ccccc2)C1=O. The predicted molar refractivity (Wildman–Crippen MR) is 519 cm³/mol. The molecule has 10 aromatic carbocycles. The van der Waals surface area contributed by atoms with Crippen LogP contribution in [0.1, 0.15) is 130 Å². The van der Waals surface area contributed by atoms with E-state index < -0.39 is 18.1 Å². The van der Waals surface area contributed by atoms with Gasteiger partial charge in [0.15, 0.2) is 17.9 Å². The Morgan fingerprint density at radius 2 is 0.767 bits per heavy atom. The Morgan fingerprint density at radius 3 is 1.12 bits per heavy atom. The van der Waals surface area contributed by atoms with Gasteiger partial charge in [-0.1, -0.05) is 271 Å². The van der Waals surface area contributed by atoms with Gasteiger partial charge in [0.2, 0.25) is 29.5 Å². The molecule has 25 nitrogen and oxygen atoms in total. The Balaban J connectivity index is 0.000000187. The van der Waals surface area contributed by atoms with Crippen LogP contribution in [-0.2, 0) is 36.8 Å². The van der Waals surface area contributed by atoms with E-state index in [4.69, 9.17) is 85.5 Å². The molecule has 678 valence electrons. The molecule has 0 saturated carbocycles. The van der Waals surface area contributed by atoms with E-state index >= 15 is 0 Å². The van der Waals surface area contributed by atoms with Crippen molar-refractivity contribution < 1.29 is 33.5 Å². The van der Waals surface area contributed by atoms with Gasteiger partial charge in [-0.15, -0.1) is 0 Å². The summed E-state index contributed by atoms with van der Waals surface area (Å²) in [6, 6.07) is 81.9. The smallest absolute Gasteiger partial charge is 0.255 e. The Bertz CT molecular complexity index is 5240. The predicted octanol–water partition coefficient (Wildman–Crippen LogP) is 12.2. The van der Waals surface area contributed by atoms with Gasteiger partial charge in [-0.3, -0.25) is 43.7 Å². The topological polar surface area (TPSA) is 387 Å². The van der Waals surface area contributed by atoms with E-state index in [2.05, 4.69) is 120 Å². The van der Waals surface area contributed by atoms with Gasteiger partial charge in [0.1, 0.15) is 5.75 Å². The molecule has 0 aliphatic carbocycles. The molecule has 0 unspecified atom stereocenters. The van der Waals surface area contributed by atoms with Gasteiger partial charge >= 0.3 is 0 Å². The molecule has 6 amide bonds. The number of methoxy groups -OCH3 is 1. The van der Waals surface area contributed by atoms with E-state index in [9.17, 15) is 28.8 Å². The summed E-state index contributed by atoms with van der Waals surface area (Å²) in [7, 11) is 1.58. The average molecular weight is 1830 g/mol. The number of nitrogens with two attached hydrogens (primary N) is 6. The van der Waals surface area contributed by atoms with Crippen molar-refractivity contribution in [1.82, 2.24) is 46.6 Å². The van der Waals surface area contributed by atoms with Crippen LogP contribution in [0.15, 0.2) is 270 Å². The van der Waals surface area contributed by atoms with Crippen molar-refractivity contribution >= 4 is 110 Å². The molecule has 0 aromatic heterocycles. The molecule has 3 fully saturated rings. The van der Waals surface area contributed by atoms with Crippen molar-refractivity contribution in [2.45, 2.75) is 125 Å². The Hall–Kier alpha value is -12.1. The van der Waals surface area contributed by atoms with Crippen molar-refractivity contribution in [2.24, 2.45) is 49.4 Å². The number of hydrogen-bond donors (Lipinski definition) is 12. The molecule has 29 heteroatoms. The summed E-state index contributed by atoms with van der Waals surface area (Å²) in [5.41, 5.74) is 41.9. The summed E-state index contributed by atoms with van der Waals surface area (Å²) in [6.45, 7) is 5.80. The van der Waals surface area contributed by atoms with Gasteiger partial charge in [-0.05, 0) is 138 Å². The highest BCUT2D eigenvalue weighted by atomic mass is 35.5. The number of halogens is 4. The van der Waals surface area contributed by atoms with Crippen molar-refractivity contribution in [2.75, 3.05) is 85.6 Å². The van der Waals surface area contributed by atoms with Gasteiger partial charge in [0.05, 0.1) is 53.7 Å². The van der Waals surface area contributed by atoms with Crippen LogP contribution >= 0.6 is 46.4 Å². The fraction of sp³-hybridized carbons (Fsp3) is 0.330. The number of fused-ring (bicyclic) bond motifs is 1. The van der Waals surface area contributed by atoms with Crippen LogP contribution in [-0.4, -0.2) is 190 Å². The summed E-state index contributed by atoms with van der Waals surface area (Å²) in [6.07, 6.45) is 6.03. The third-order valence-electron chi connectivity index (χ3n) is 23.3. The molecule has 0 bridgehead atoms. The van der Waals surface area contributed by atoms with Crippen LogP contribution in [0.3, 0.4) is 0 Å². The van der Waals surface area contributed by atoms with E-state index in [1.807, 2.05) is 154 Å². The highest BCUT2D eigenvalue weighted by Gasteiger charge is 2.37. The molecule has 10 aromatic rings. The van der Waals surface area contributed by atoms with E-state index in [1.54, 1.807) is 49.6 Å². The van der Waals surface area contributed by atoms with E-state index in [-0.39, 0.29) is 102 Å². The van der Waals surface area contributed by atoms with Crippen LogP contribution < -0.4 is 71.0 Å². The van der Waals surface area contributed by atoms with Gasteiger partial charge in [-0.2, -0.15) is 0 Å². The number of carbonyl (C=O) groups is 6. The van der Waals surface area contributed by atoms with Gasteiger partial charge in [-0.25, -0.2) is 0 Å². The lowest BCUT2D eigenvalue weighted by Gasteiger charge is -2.29. The standard InChI is InChI=1S/C36H42N6O3.2C32H38Cl2N6O2/c1-45-33-29-16-9-8-15-27(29)18-19-30(33)34(43)40-23-28-20-22-42(35(44)32(41-28)17-10-21-39-36(37)38)24-31(25-11-4-2-5-12-25)26-13-6-3-7-14-26;33-27-14-13-22(18-28(27)34)19-30(41)38-20-25-15-17-40(31(42)29(39-25)12-7-16-37-32(35)36)21-26(23-8-3-1-4-9-23)24-10-5-2-6-11-24;33-25-14-13-24(28(34)19-25)18-30(41)38-20-26-15-17-40(31(42)29(39-26)12-7-16-37-32(35)36)21-27(22-8-3-1-4-9-22)23-10-5-2-6-11-23/h2-9,11-16,18-19,28,31-32,41H,10,17,20-24H2,1H3,(H,40,43)(H4,37,38,39);1-6,8-11,13-14,18,25-26,29,39H,7,12,15-17,19-21H2,(H,38,41)(H4,35,36,37);1-6,8-11,13-14,19,26-27,29,39H,7,12,15-18,20-21H2,(H,38,41)(H4,35,36,37)/t28-,32-;25-,29-;26-,29-/m000/s1. The van der Waals surface area contributed by atoms with E-state index in [0.29, 0.717) is 173 Å². The first-order chi connectivity index (χ1) is 62.5. The van der Waals surface area contributed by atoms with Crippen LogP contribution in [0.5, 0.6) is 5.75 Å². The second-order valence-electron chi connectivity index (χ2n) is 32.5. The monoisotopic (exact) mass is 1820 g/mol. The molecule has 13 rings (SSSR count). The maximum absolute atomic E-state index is 14.1. The number of nitrogens with zero attached hydrogens (tertiary/aromatic N) is 6. The zero-order valence-electron chi connectivity index (χ0n) is 72.7. The summed E-state index contributed by atoms with van der Waals surface area (Å²) in [5, 5.41) is 23.5. The number of aliphatic imine (C=N–C) groups is 3. The molecule has 3 aliphatic heterocycles. The van der Waals surface area contributed by atoms with Crippen molar-refractivity contribution in [3.63, 3.8) is 0 Å². The van der Waals surface area contributed by atoms with Gasteiger partial charge in [0.25, 0.3) is 5.91 Å². The second-order valence-corrected chi connectivity index (χ2v) is 34.1. The lowest BCUT2D eigenvalue weighted by atomic mass is 9.90. The Kier molecular flexibility index (Phi) is 38.3. The molecule has 18 N–H and O–H groups in total. The van der Waals surface area contributed by atoms with Crippen LogP contribution in [0, 0.1) is 0 Å². The van der Waals surface area contributed by atoms with Crippen LogP contribution in [0.25, 0.3) is 10.8 Å². The van der Waals surface area contributed by atoms with Crippen LogP contribution in [0.4, 0.5) is 0 Å². The molecular formula is C100H118Cl4N18O7. The first-order valence-corrected chi connectivity index (χ1v) is 45.4. The zero-order valence-corrected chi connectivity index (χ0v) is 75.7. The summed E-state index contributed by atoms with van der Waals surface area (Å²) < 4.78 is 5.66. The first-order valence-electron chi connectivity index (χ1n) is 43.9. The van der Waals surface area contributed by atoms with Gasteiger partial charge < -0.3 is 85.7 Å². The third-order valence-corrected chi connectivity index (χ3v) is 24.6. The lowest BCUT2D eigenvalue weighted by molar-refractivity contribution is -0.133. The van der Waals surface area contributed by atoms with E-state index in [1.165, 1.54) is 0 Å². The Morgan fingerprint density at radius 1 is 0.411 bits per heavy atom. The lowest BCUT2D eigenvalue weighted by Crippen LogP contribution is -2.49. The molecule has 3 saturated heterocycles. The third kappa shape index (κ3) is 30.3. The number of ether oxygens (including phenoxy) is 1. The maximum Gasteiger partial charge on any atom is 0.255 e. The summed E-state index contributed by atoms with van der Waals surface area (Å²) in [4.78, 5) is 99.0. The van der Waals surface area contributed by atoms with Crippen LogP contribution in [0.2, 0.25) is 20.1 Å². The van der Waals surface area contributed by atoms with E-state index in [0.717, 1.165) is 49.7 Å². The molecular weight excluding hydrogens is 1710 g/mol. The number of guanidine groups is 3. The van der Waals surface area contributed by atoms with Gasteiger partial charge in [0, 0.05) is 130 Å². The molecule has 3 heterocycles. The molecule has 129 heavy (non-hydrogen) atoms. The number of benzene rings is 10. The number of rotatable bonds is 36. The van der Waals surface area contributed by atoms with Crippen molar-refractivity contribution in [3.8, 4) is 5.75 Å². The zero-order chi connectivity index (χ0) is 91.4. The summed E-state index contributed by atoms with van der Waals surface area (Å²) >= 11 is 24.4. The molecule has 3 aliphatic rings. The minimum Gasteiger partial charge on any atom is -0.495 e. The fourth-order valence-corrected chi connectivity index (χ4v) is 17.4. The highest BCUT2D eigenvalue weighted by molar-refractivity contribution is 6.42. The highest BCUT2D eigenvalue weighted by Crippen LogP contribution is 2.34. The maximum atomic E-state index is 14.1. The number of amides is 6. The average Bonchev–Trinajstić information content (AvgIpc) is 1.76. The Labute approximate surface area is 775 Å². The minimum atomic E-state index is -0.439. The first kappa shape index (κ1) is 97.5. The fourth-order valence-electron chi connectivity index (χ4n) is 16.6. The largest absolute Gasteiger partial charge is 0.495 e. The van der Waals surface area contributed by atoms with Crippen molar-refractivity contribution in [3.05, 3.63) is 325 Å². The molecule has 6 atom stereocenters. The normalized spacial score (nSPS) is 17.0. The molecule has 0 radical (unpaired) electrons. The number of hydrogen-bond acceptors (Lipinski definition) is 13. The number of nitrogens with one attached hydrogen (secondary N) is 6. The summed E-state index contributed by atoms with van der Waals surface area (Å²) in [5.74, 6) is 0.368. The quantitative estimate of drug-likeness (QED) is 0.00986. The second kappa shape index (κ2) is 50.6. The molecule has 0 spiro atoms. The van der Waals surface area contributed by atoms with Crippen molar-refractivity contribution in [1.29, 1.82) is 0 Å². The number of carbonyl (C=O) groups excluding carboxylic acids is 6. The minimum absolute atomic E-state index is 0.0234.